The van der Waals surface area contributed by atoms with Crippen LogP contribution in [0.25, 0.3) is 0 Å². The van der Waals surface area contributed by atoms with Gasteiger partial charge >= 0.3 is 6.18 Å². The molecular formula is C22H26F3N5O2. The number of carbonyl (C=O) groups is 1. The molecule has 0 radical (unpaired) electrons. The molecule has 4 rings (SSSR count). The number of alkyl halides is 3. The van der Waals surface area contributed by atoms with Gasteiger partial charge in [0.1, 0.15) is 0 Å². The molecule has 32 heavy (non-hydrogen) atoms. The van der Waals surface area contributed by atoms with Crippen molar-refractivity contribution in [2.24, 2.45) is 5.92 Å². The van der Waals surface area contributed by atoms with Gasteiger partial charge in [0.2, 0.25) is 11.9 Å². The second-order valence-corrected chi connectivity index (χ2v) is 8.23. The molecule has 1 amide bonds. The Morgan fingerprint density at radius 1 is 1.16 bits per heavy atom. The molecule has 0 aliphatic carbocycles. The number of ether oxygens (including phenoxy) is 1. The first-order chi connectivity index (χ1) is 15.3. The Hall–Kier alpha value is -2.72. The maximum Gasteiger partial charge on any atom is 0.416 e. The number of likely N-dealkylation sites (tertiary alicyclic amines) is 1. The Labute approximate surface area is 184 Å². The van der Waals surface area contributed by atoms with E-state index < -0.39 is 11.7 Å². The van der Waals surface area contributed by atoms with Crippen LogP contribution in [0.1, 0.15) is 22.7 Å². The molecule has 2 aliphatic heterocycles. The summed E-state index contributed by atoms with van der Waals surface area (Å²) in [4.78, 5) is 26.3. The number of rotatable bonds is 5. The number of likely N-dealkylation sites (N-methyl/N-ethyl adjacent to an activating group) is 1. The van der Waals surface area contributed by atoms with Gasteiger partial charge in [-0.15, -0.1) is 0 Å². The van der Waals surface area contributed by atoms with Crippen molar-refractivity contribution in [3.63, 3.8) is 0 Å². The van der Waals surface area contributed by atoms with Gasteiger partial charge in [0.25, 0.3) is 0 Å². The smallest absolute Gasteiger partial charge is 0.378 e. The predicted octanol–water partition coefficient (Wildman–Crippen LogP) is 2.29. The van der Waals surface area contributed by atoms with Gasteiger partial charge in [-0.3, -0.25) is 4.79 Å². The maximum absolute atomic E-state index is 13.0. The van der Waals surface area contributed by atoms with E-state index in [4.69, 9.17) is 9.72 Å². The van der Waals surface area contributed by atoms with Crippen LogP contribution in [0.5, 0.6) is 0 Å². The maximum atomic E-state index is 13.0. The highest BCUT2D eigenvalue weighted by molar-refractivity contribution is 5.80. The molecule has 2 atom stereocenters. The summed E-state index contributed by atoms with van der Waals surface area (Å²) >= 11 is 0. The first-order valence-electron chi connectivity index (χ1n) is 10.6. The lowest BCUT2D eigenvalue weighted by atomic mass is 9.92. The third-order valence-corrected chi connectivity index (χ3v) is 5.93. The molecule has 0 saturated carbocycles. The van der Waals surface area contributed by atoms with E-state index in [9.17, 15) is 18.0 Å². The largest absolute Gasteiger partial charge is 0.416 e. The normalized spacial score (nSPS) is 22.2. The number of carbonyl (C=O) groups excluding carboxylic acids is 1. The third kappa shape index (κ3) is 5.18. The summed E-state index contributed by atoms with van der Waals surface area (Å²) in [6.07, 6.45) is -2.65. The van der Waals surface area contributed by atoms with Gasteiger partial charge in [-0.05, 0) is 30.8 Å². The van der Waals surface area contributed by atoms with E-state index in [0.717, 1.165) is 30.9 Å². The average Bonchev–Trinajstić information content (AvgIpc) is 3.20. The summed E-state index contributed by atoms with van der Waals surface area (Å²) in [5, 5.41) is 2.88. The van der Waals surface area contributed by atoms with Crippen molar-refractivity contribution < 1.29 is 22.7 Å². The lowest BCUT2D eigenvalue weighted by molar-refractivity contribution is -0.137. The van der Waals surface area contributed by atoms with E-state index in [1.807, 2.05) is 13.1 Å². The number of anilines is 1. The highest BCUT2D eigenvalue weighted by Gasteiger charge is 2.38. The highest BCUT2D eigenvalue weighted by Crippen LogP contribution is 2.32. The molecule has 10 heteroatoms. The zero-order valence-electron chi connectivity index (χ0n) is 17.8. The van der Waals surface area contributed by atoms with Crippen molar-refractivity contribution in [1.82, 2.24) is 20.2 Å². The van der Waals surface area contributed by atoms with E-state index >= 15 is 0 Å². The van der Waals surface area contributed by atoms with Crippen LogP contribution < -0.4 is 10.2 Å². The molecule has 0 bridgehead atoms. The van der Waals surface area contributed by atoms with Crippen molar-refractivity contribution in [1.29, 1.82) is 0 Å². The van der Waals surface area contributed by atoms with Crippen molar-refractivity contribution >= 4 is 11.9 Å². The molecule has 2 fully saturated rings. The van der Waals surface area contributed by atoms with Crippen LogP contribution in [0.2, 0.25) is 0 Å². The molecule has 1 aromatic heterocycles. The van der Waals surface area contributed by atoms with Crippen LogP contribution >= 0.6 is 0 Å². The number of hydrogen-bond donors (Lipinski definition) is 1. The summed E-state index contributed by atoms with van der Waals surface area (Å²) in [7, 11) is 1.96. The Balaban J connectivity index is 1.43. The number of nitrogens with one attached hydrogen (secondary N) is 1. The van der Waals surface area contributed by atoms with Crippen molar-refractivity contribution in [3.8, 4) is 0 Å². The number of hydrogen-bond acceptors (Lipinski definition) is 6. The topological polar surface area (TPSA) is 70.6 Å². The molecule has 2 aliphatic rings. The van der Waals surface area contributed by atoms with Crippen LogP contribution in [0, 0.1) is 5.92 Å². The Kier molecular flexibility index (Phi) is 6.61. The van der Waals surface area contributed by atoms with Crippen molar-refractivity contribution in [3.05, 3.63) is 53.3 Å². The number of morpholine rings is 1. The fraction of sp³-hybridized carbons (Fsp3) is 0.500. The molecule has 3 heterocycles. The third-order valence-electron chi connectivity index (χ3n) is 5.93. The number of amides is 1. The lowest BCUT2D eigenvalue weighted by Crippen LogP contribution is -2.38. The second-order valence-electron chi connectivity index (χ2n) is 8.23. The Morgan fingerprint density at radius 3 is 2.56 bits per heavy atom. The van der Waals surface area contributed by atoms with E-state index in [1.54, 1.807) is 6.20 Å². The molecule has 2 aromatic rings. The van der Waals surface area contributed by atoms with Gasteiger partial charge in [0.15, 0.2) is 0 Å². The molecule has 0 unspecified atom stereocenters. The first-order valence-corrected chi connectivity index (χ1v) is 10.6. The SMILES string of the molecule is CN1C[C@H](C(=O)NCc2ccc(C(F)(F)F)cc2)[C@@H](c2ccnc(N3CCOCC3)n2)C1. The zero-order valence-corrected chi connectivity index (χ0v) is 17.8. The number of benzene rings is 1. The molecule has 2 saturated heterocycles. The van der Waals surface area contributed by atoms with E-state index in [2.05, 4.69) is 20.1 Å². The molecule has 1 aromatic carbocycles. The van der Waals surface area contributed by atoms with Crippen molar-refractivity contribution in [2.75, 3.05) is 51.3 Å². The van der Waals surface area contributed by atoms with E-state index in [-0.39, 0.29) is 24.3 Å². The van der Waals surface area contributed by atoms with Gasteiger partial charge in [-0.25, -0.2) is 9.97 Å². The average molecular weight is 449 g/mol. The van der Waals surface area contributed by atoms with Gasteiger partial charge in [-0.1, -0.05) is 12.1 Å². The lowest BCUT2D eigenvalue weighted by Gasteiger charge is -2.27. The van der Waals surface area contributed by atoms with Gasteiger partial charge in [-0.2, -0.15) is 13.2 Å². The van der Waals surface area contributed by atoms with Gasteiger partial charge in [0.05, 0.1) is 30.4 Å². The highest BCUT2D eigenvalue weighted by atomic mass is 19.4. The van der Waals surface area contributed by atoms with Crippen molar-refractivity contribution in [2.45, 2.75) is 18.6 Å². The monoisotopic (exact) mass is 449 g/mol. The quantitative estimate of drug-likeness (QED) is 0.756. The van der Waals surface area contributed by atoms with Crippen LogP contribution in [0.4, 0.5) is 19.1 Å². The fourth-order valence-electron chi connectivity index (χ4n) is 4.18. The summed E-state index contributed by atoms with van der Waals surface area (Å²) in [5.74, 6) is 0.118. The number of aromatic nitrogens is 2. The minimum Gasteiger partial charge on any atom is -0.378 e. The first kappa shape index (κ1) is 22.5. The summed E-state index contributed by atoms with van der Waals surface area (Å²) < 4.78 is 43.6. The Morgan fingerprint density at radius 2 is 1.88 bits per heavy atom. The van der Waals surface area contributed by atoms with Gasteiger partial charge in [0, 0.05) is 44.8 Å². The standard InChI is InChI=1S/C22H26F3N5O2/c1-29-13-17(19-6-7-26-21(28-19)30-8-10-32-11-9-30)18(14-29)20(31)27-12-15-2-4-16(5-3-15)22(23,24)25/h2-7,17-18H,8-14H2,1H3,(H,27,31)/t17-,18-/m0/s1. The van der Waals surface area contributed by atoms with Gasteiger partial charge < -0.3 is 19.9 Å². The molecule has 0 spiro atoms. The van der Waals surface area contributed by atoms with Crippen LogP contribution in [-0.4, -0.2) is 67.2 Å². The summed E-state index contributed by atoms with van der Waals surface area (Å²) in [5.41, 5.74) is 0.733. The molecule has 7 nitrogen and oxygen atoms in total. The van der Waals surface area contributed by atoms with Crippen LogP contribution in [0.15, 0.2) is 36.5 Å². The minimum absolute atomic E-state index is 0.0876. The van der Waals surface area contributed by atoms with Crippen LogP contribution in [-0.2, 0) is 22.3 Å². The number of halogens is 3. The van der Waals surface area contributed by atoms with E-state index in [0.29, 0.717) is 37.8 Å². The number of nitrogens with zero attached hydrogens (tertiary/aromatic N) is 4. The van der Waals surface area contributed by atoms with Crippen LogP contribution in [0.3, 0.4) is 0 Å². The minimum atomic E-state index is -4.37. The second kappa shape index (κ2) is 9.41. The summed E-state index contributed by atoms with van der Waals surface area (Å²) in [6.45, 7) is 4.17. The van der Waals surface area contributed by atoms with E-state index in [1.165, 1.54) is 12.1 Å². The summed E-state index contributed by atoms with van der Waals surface area (Å²) in [6, 6.07) is 6.69. The fourth-order valence-corrected chi connectivity index (χ4v) is 4.18. The molecule has 172 valence electrons. The predicted molar refractivity (Wildman–Crippen MR) is 112 cm³/mol. The zero-order chi connectivity index (χ0) is 22.7. The molecule has 1 N–H and O–H groups in total. The Bertz CT molecular complexity index is 932. The molecular weight excluding hydrogens is 423 g/mol.